The first-order valence-electron chi connectivity index (χ1n) is 8.90. The molecule has 0 spiro atoms. The van der Waals surface area contributed by atoms with Crippen molar-refractivity contribution in [3.05, 3.63) is 0 Å². The fraction of sp³-hybridized carbons (Fsp3) is 1.00. The monoisotopic (exact) mass is 322 g/mol. The Morgan fingerprint density at radius 1 is 0.842 bits per heavy atom. The van der Waals surface area contributed by atoms with Crippen LogP contribution >= 0.6 is 15.9 Å². The summed E-state index contributed by atoms with van der Waals surface area (Å²) in [5, 5.41) is 0. The van der Waals surface area contributed by atoms with E-state index in [1.165, 1.54) is 38.5 Å². The first-order chi connectivity index (χ1) is 9.21. The number of alkyl halides is 1. The van der Waals surface area contributed by atoms with Gasteiger partial charge in [-0.1, -0.05) is 73.0 Å². The summed E-state index contributed by atoms with van der Waals surface area (Å²) in [6, 6.07) is 0. The van der Waals surface area contributed by atoms with Gasteiger partial charge in [0.2, 0.25) is 0 Å². The zero-order valence-corrected chi connectivity index (χ0v) is 14.0. The van der Waals surface area contributed by atoms with Gasteiger partial charge in [0.25, 0.3) is 0 Å². The van der Waals surface area contributed by atoms with Crippen molar-refractivity contribution >= 4 is 22.6 Å². The van der Waals surface area contributed by atoms with E-state index in [0.717, 1.165) is 36.1 Å². The van der Waals surface area contributed by atoms with E-state index in [0.29, 0.717) is 4.22 Å². The van der Waals surface area contributed by atoms with E-state index in [1.54, 1.807) is 25.7 Å². The highest BCUT2D eigenvalue weighted by Gasteiger charge is 2.60. The molecule has 2 unspecified atom stereocenters. The van der Waals surface area contributed by atoms with Crippen LogP contribution in [0.25, 0.3) is 0 Å². The number of hydrogen-bond donors (Lipinski definition) is 0. The summed E-state index contributed by atoms with van der Waals surface area (Å²) in [4.78, 5) is 0. The molecule has 5 aliphatic rings. The average molecular weight is 323 g/mol. The molecule has 0 aromatic rings. The van der Waals surface area contributed by atoms with E-state index < -0.39 is 0 Å². The zero-order chi connectivity index (χ0) is 13.0. The van der Waals surface area contributed by atoms with Crippen LogP contribution in [0.4, 0.5) is 0 Å². The van der Waals surface area contributed by atoms with Crippen molar-refractivity contribution in [3.63, 3.8) is 0 Å². The highest BCUT2D eigenvalue weighted by Crippen LogP contribution is 2.63. The van der Waals surface area contributed by atoms with Gasteiger partial charge in [-0.05, 0) is 43.4 Å². The first-order valence-corrected chi connectivity index (χ1v) is 9.69. The number of hydrogen-bond acceptors (Lipinski definition) is 0. The number of fused-ring (bicyclic) bond motifs is 6. The van der Waals surface area contributed by atoms with Crippen molar-refractivity contribution in [1.29, 1.82) is 0 Å². The summed E-state index contributed by atoms with van der Waals surface area (Å²) in [5.41, 5.74) is 0. The third-order valence-corrected chi connectivity index (χ3v) is 9.53. The molecule has 3 aliphatic carbocycles. The van der Waals surface area contributed by atoms with Crippen molar-refractivity contribution in [2.45, 2.75) is 87.0 Å². The lowest BCUT2D eigenvalue weighted by Gasteiger charge is -2.60. The van der Waals surface area contributed by atoms with Crippen LogP contribution in [-0.2, 0) is 0 Å². The molecule has 0 radical (unpaired) electrons. The van der Waals surface area contributed by atoms with Gasteiger partial charge in [0, 0.05) is 4.22 Å². The van der Waals surface area contributed by atoms with Crippen molar-refractivity contribution in [2.75, 3.05) is 0 Å². The number of rotatable bonds is 1. The molecular weight excluding hydrogens is 295 g/mol. The summed E-state index contributed by atoms with van der Waals surface area (Å²) in [7, 11) is 0. The van der Waals surface area contributed by atoms with Crippen LogP contribution in [0, 0.1) is 17.8 Å². The lowest BCUT2D eigenvalue weighted by Crippen LogP contribution is -2.62. The van der Waals surface area contributed by atoms with E-state index in [9.17, 15) is 0 Å². The standard InChI is InChI=1S/C17H28BBr/c1-12-13-8-10-14(11-9-13)17(12,19)18-15-4-2-5-16(18)7-3-6-15/h12-16H,2-11H2,1H3. The minimum absolute atomic E-state index is 0.532. The molecule has 0 aromatic carbocycles. The maximum atomic E-state index is 4.44. The second kappa shape index (κ2) is 4.78. The van der Waals surface area contributed by atoms with Crippen molar-refractivity contribution in [2.24, 2.45) is 17.8 Å². The van der Waals surface area contributed by atoms with Gasteiger partial charge in [0.05, 0.1) is 0 Å². The fourth-order valence-corrected chi connectivity index (χ4v) is 8.35. The van der Waals surface area contributed by atoms with Gasteiger partial charge < -0.3 is 0 Å². The Hall–Kier alpha value is 0.545. The second-order valence-electron chi connectivity index (χ2n) is 8.14. The molecule has 0 N–H and O–H groups in total. The molecule has 5 fully saturated rings. The van der Waals surface area contributed by atoms with Gasteiger partial charge in [-0.2, -0.15) is 0 Å². The van der Waals surface area contributed by atoms with E-state index in [2.05, 4.69) is 22.9 Å². The normalized spacial score (nSPS) is 53.4. The minimum atomic E-state index is 0.532. The highest BCUT2D eigenvalue weighted by molar-refractivity contribution is 9.10. The van der Waals surface area contributed by atoms with E-state index >= 15 is 0 Å². The summed E-state index contributed by atoms with van der Waals surface area (Å²) in [5.74, 6) is 5.10. The van der Waals surface area contributed by atoms with Crippen LogP contribution in [0.2, 0.25) is 11.6 Å². The largest absolute Gasteiger partial charge is 0.167 e. The zero-order valence-electron chi connectivity index (χ0n) is 12.4. The number of halogens is 1. The molecule has 19 heavy (non-hydrogen) atoms. The summed E-state index contributed by atoms with van der Waals surface area (Å²) in [6.45, 7) is 3.62. The van der Waals surface area contributed by atoms with Crippen LogP contribution in [0.1, 0.15) is 71.1 Å². The molecule has 2 saturated heterocycles. The minimum Gasteiger partial charge on any atom is -0.0938 e. The summed E-state index contributed by atoms with van der Waals surface area (Å²) in [6.07, 6.45) is 15.3. The average Bonchev–Trinajstić information content (AvgIpc) is 2.44. The molecule has 2 aliphatic heterocycles. The Labute approximate surface area is 127 Å². The topological polar surface area (TPSA) is 0 Å². The van der Waals surface area contributed by atoms with Crippen LogP contribution in [0.3, 0.4) is 0 Å². The Morgan fingerprint density at radius 3 is 1.84 bits per heavy atom. The molecule has 106 valence electrons. The molecule has 2 heteroatoms. The second-order valence-corrected chi connectivity index (χ2v) is 9.51. The third-order valence-electron chi connectivity index (χ3n) is 7.63. The molecule has 5 rings (SSSR count). The third kappa shape index (κ3) is 1.84. The van der Waals surface area contributed by atoms with E-state index in [1.807, 2.05) is 0 Å². The quantitative estimate of drug-likeness (QED) is 0.428. The predicted octanol–water partition coefficient (Wildman–Crippen LogP) is 5.72. The van der Waals surface area contributed by atoms with Crippen molar-refractivity contribution in [1.82, 2.24) is 0 Å². The maximum Gasteiger partial charge on any atom is 0.167 e. The first kappa shape index (κ1) is 13.2. The fourth-order valence-electron chi connectivity index (χ4n) is 6.77. The lowest BCUT2D eigenvalue weighted by atomic mass is 9.18. The van der Waals surface area contributed by atoms with Gasteiger partial charge in [-0.3, -0.25) is 0 Å². The molecule has 0 nitrogen and oxygen atoms in total. The van der Waals surface area contributed by atoms with Crippen LogP contribution < -0.4 is 0 Å². The molecular formula is C17H28BBr. The summed E-state index contributed by atoms with van der Waals surface area (Å²) < 4.78 is 0.532. The van der Waals surface area contributed by atoms with Crippen LogP contribution in [0.5, 0.6) is 0 Å². The Balaban J connectivity index is 1.69. The Morgan fingerprint density at radius 2 is 1.37 bits per heavy atom. The lowest BCUT2D eigenvalue weighted by molar-refractivity contribution is 0.0964. The molecule has 0 amide bonds. The predicted molar refractivity (Wildman–Crippen MR) is 87.2 cm³/mol. The Kier molecular flexibility index (Phi) is 3.33. The van der Waals surface area contributed by atoms with E-state index in [4.69, 9.17) is 0 Å². The van der Waals surface area contributed by atoms with Gasteiger partial charge in [-0.15, -0.1) is 0 Å². The molecule has 3 saturated carbocycles. The van der Waals surface area contributed by atoms with Crippen molar-refractivity contribution < 1.29 is 0 Å². The Bertz CT molecular complexity index is 323. The van der Waals surface area contributed by atoms with Gasteiger partial charge in [-0.25, -0.2) is 0 Å². The highest BCUT2D eigenvalue weighted by atomic mass is 79.9. The molecule has 4 bridgehead atoms. The maximum absolute atomic E-state index is 4.44. The molecule has 2 heterocycles. The summed E-state index contributed by atoms with van der Waals surface area (Å²) >= 11 is 4.44. The molecule has 0 aromatic heterocycles. The van der Waals surface area contributed by atoms with Crippen molar-refractivity contribution in [3.8, 4) is 0 Å². The van der Waals surface area contributed by atoms with E-state index in [-0.39, 0.29) is 0 Å². The smallest absolute Gasteiger partial charge is 0.0938 e. The molecule has 2 atom stereocenters. The van der Waals surface area contributed by atoms with Crippen LogP contribution in [-0.4, -0.2) is 10.9 Å². The van der Waals surface area contributed by atoms with Gasteiger partial charge in [0.1, 0.15) is 0 Å². The van der Waals surface area contributed by atoms with Crippen LogP contribution in [0.15, 0.2) is 0 Å². The van der Waals surface area contributed by atoms with Gasteiger partial charge in [0.15, 0.2) is 6.71 Å². The van der Waals surface area contributed by atoms with Gasteiger partial charge >= 0.3 is 0 Å². The SMILES string of the molecule is CC1C2CCC(CC2)C1(Br)B1C2CCCC1CCC2.